The van der Waals surface area contributed by atoms with Gasteiger partial charge in [-0.15, -0.1) is 0 Å². The van der Waals surface area contributed by atoms with Gasteiger partial charge in [0, 0.05) is 11.5 Å². The molecule has 1 aliphatic rings. The van der Waals surface area contributed by atoms with Crippen molar-refractivity contribution in [1.82, 2.24) is 4.90 Å². The molecular weight excluding hydrogens is 422 g/mol. The SMILES string of the molecule is CCN(C(C)C#CC(C)OC(=O)C(O)(c1ccc(C)c(C)c1)C1CCCC(C)C1C)C(C)(C)C. The summed E-state index contributed by atoms with van der Waals surface area (Å²) in [6, 6.07) is 5.85. The maximum absolute atomic E-state index is 13.7. The number of carbonyl (C=O) groups is 1. The lowest BCUT2D eigenvalue weighted by Crippen LogP contribution is -2.49. The van der Waals surface area contributed by atoms with Crippen LogP contribution in [-0.4, -0.2) is 40.2 Å². The fourth-order valence-electron chi connectivity index (χ4n) is 5.56. The highest BCUT2D eigenvalue weighted by atomic mass is 16.6. The Bertz CT molecular complexity index is 906. The summed E-state index contributed by atoms with van der Waals surface area (Å²) in [7, 11) is 0. The lowest BCUT2D eigenvalue weighted by molar-refractivity contribution is -0.182. The van der Waals surface area contributed by atoms with Crippen LogP contribution < -0.4 is 0 Å². The second-order valence-corrected chi connectivity index (χ2v) is 11.4. The van der Waals surface area contributed by atoms with Crippen LogP contribution in [0.1, 0.15) is 91.3 Å². The summed E-state index contributed by atoms with van der Waals surface area (Å²) in [6.45, 7) is 21.8. The van der Waals surface area contributed by atoms with Gasteiger partial charge in [0.05, 0.1) is 6.04 Å². The molecule has 6 atom stereocenters. The molecule has 1 aromatic rings. The van der Waals surface area contributed by atoms with Crippen molar-refractivity contribution in [1.29, 1.82) is 0 Å². The van der Waals surface area contributed by atoms with Crippen LogP contribution >= 0.6 is 0 Å². The zero-order valence-corrected chi connectivity index (χ0v) is 23.2. The Labute approximate surface area is 208 Å². The molecule has 0 spiro atoms. The first-order chi connectivity index (χ1) is 15.7. The van der Waals surface area contributed by atoms with Crippen LogP contribution in [0.25, 0.3) is 0 Å². The summed E-state index contributed by atoms with van der Waals surface area (Å²) in [5.74, 6) is 6.26. The van der Waals surface area contributed by atoms with Crippen LogP contribution in [0, 0.1) is 43.4 Å². The second-order valence-electron chi connectivity index (χ2n) is 11.4. The van der Waals surface area contributed by atoms with Crippen molar-refractivity contribution in [2.75, 3.05) is 6.54 Å². The number of ether oxygens (including phenoxy) is 1. The number of hydrogen-bond acceptors (Lipinski definition) is 4. The molecule has 1 aromatic carbocycles. The molecule has 0 aromatic heterocycles. The van der Waals surface area contributed by atoms with E-state index in [0.717, 1.165) is 36.9 Å². The van der Waals surface area contributed by atoms with Gasteiger partial charge in [0.2, 0.25) is 0 Å². The number of carbonyl (C=O) groups excluding carboxylic acids is 1. The second kappa shape index (κ2) is 11.3. The average Bonchev–Trinajstić information content (AvgIpc) is 2.75. The Kier molecular flexibility index (Phi) is 9.42. The van der Waals surface area contributed by atoms with Gasteiger partial charge in [-0.05, 0) is 90.0 Å². The molecule has 0 bridgehead atoms. The van der Waals surface area contributed by atoms with E-state index >= 15 is 0 Å². The Balaban J connectivity index is 2.35. The van der Waals surface area contributed by atoms with Crippen molar-refractivity contribution in [3.8, 4) is 11.8 Å². The molecule has 0 saturated heterocycles. The van der Waals surface area contributed by atoms with Crippen molar-refractivity contribution in [3.05, 3.63) is 34.9 Å². The first-order valence-corrected chi connectivity index (χ1v) is 13.0. The molecule has 1 N–H and O–H groups in total. The summed E-state index contributed by atoms with van der Waals surface area (Å²) in [4.78, 5) is 16.0. The molecule has 0 amide bonds. The Morgan fingerprint density at radius 1 is 1.15 bits per heavy atom. The minimum absolute atomic E-state index is 0.000127. The molecule has 0 aliphatic heterocycles. The predicted molar refractivity (Wildman–Crippen MR) is 140 cm³/mol. The van der Waals surface area contributed by atoms with Gasteiger partial charge in [-0.1, -0.05) is 63.7 Å². The van der Waals surface area contributed by atoms with Gasteiger partial charge < -0.3 is 9.84 Å². The van der Waals surface area contributed by atoms with Crippen LogP contribution in [0.5, 0.6) is 0 Å². The fourth-order valence-corrected chi connectivity index (χ4v) is 5.56. The first kappa shape index (κ1) is 28.4. The van der Waals surface area contributed by atoms with E-state index in [9.17, 15) is 9.90 Å². The Morgan fingerprint density at radius 2 is 1.79 bits per heavy atom. The Morgan fingerprint density at radius 3 is 2.35 bits per heavy atom. The molecule has 1 aliphatic carbocycles. The molecule has 0 heterocycles. The molecule has 4 nitrogen and oxygen atoms in total. The van der Waals surface area contributed by atoms with Crippen LogP contribution in [0.15, 0.2) is 18.2 Å². The van der Waals surface area contributed by atoms with Crippen LogP contribution in [0.2, 0.25) is 0 Å². The van der Waals surface area contributed by atoms with Gasteiger partial charge in [0.15, 0.2) is 11.7 Å². The van der Waals surface area contributed by atoms with E-state index in [1.54, 1.807) is 6.92 Å². The lowest BCUT2D eigenvalue weighted by atomic mass is 9.64. The third-order valence-electron chi connectivity index (χ3n) is 7.95. The van der Waals surface area contributed by atoms with Crippen molar-refractivity contribution in [2.45, 2.75) is 112 Å². The van der Waals surface area contributed by atoms with E-state index in [0.29, 0.717) is 11.5 Å². The minimum atomic E-state index is -1.69. The minimum Gasteiger partial charge on any atom is -0.447 e. The number of aliphatic hydroxyl groups is 1. The van der Waals surface area contributed by atoms with Crippen LogP contribution in [0.4, 0.5) is 0 Å². The normalized spacial score (nSPS) is 24.5. The highest BCUT2D eigenvalue weighted by Crippen LogP contribution is 2.46. The average molecular weight is 470 g/mol. The monoisotopic (exact) mass is 469 g/mol. The van der Waals surface area contributed by atoms with E-state index < -0.39 is 17.7 Å². The number of esters is 1. The molecule has 1 saturated carbocycles. The quantitative estimate of drug-likeness (QED) is 0.410. The third kappa shape index (κ3) is 6.23. The largest absolute Gasteiger partial charge is 0.447 e. The van der Waals surface area contributed by atoms with Crippen molar-refractivity contribution in [2.24, 2.45) is 17.8 Å². The van der Waals surface area contributed by atoms with Crippen molar-refractivity contribution >= 4 is 5.97 Å². The molecule has 34 heavy (non-hydrogen) atoms. The van der Waals surface area contributed by atoms with Gasteiger partial charge in [-0.25, -0.2) is 4.79 Å². The maximum atomic E-state index is 13.7. The number of rotatable bonds is 6. The van der Waals surface area contributed by atoms with Crippen LogP contribution in [-0.2, 0) is 15.1 Å². The first-order valence-electron chi connectivity index (χ1n) is 13.0. The number of benzene rings is 1. The van der Waals surface area contributed by atoms with E-state index in [2.05, 4.69) is 65.2 Å². The summed E-state index contributed by atoms with van der Waals surface area (Å²) in [6.07, 6.45) is 2.32. The summed E-state index contributed by atoms with van der Waals surface area (Å²) in [5.41, 5.74) is 1.14. The smallest absolute Gasteiger partial charge is 0.344 e. The molecular formula is C30H47NO3. The zero-order chi connectivity index (χ0) is 25.8. The standard InChI is InChI=1S/C30H47NO3/c1-11-31(29(8,9)10)23(5)16-17-24(6)34-28(32)30(33,26-18-15-20(2)22(4)19-26)27-14-12-13-21(3)25(27)7/h15,18-19,21,23-25,27,33H,11-14H2,1-10H3. The summed E-state index contributed by atoms with van der Waals surface area (Å²) < 4.78 is 5.85. The molecule has 4 heteroatoms. The molecule has 0 radical (unpaired) electrons. The molecule has 6 unspecified atom stereocenters. The molecule has 2 rings (SSSR count). The molecule has 1 fully saturated rings. The maximum Gasteiger partial charge on any atom is 0.344 e. The summed E-state index contributed by atoms with van der Waals surface area (Å²) >= 11 is 0. The van der Waals surface area contributed by atoms with E-state index in [4.69, 9.17) is 4.74 Å². The number of nitrogens with zero attached hydrogens (tertiary/aromatic N) is 1. The van der Waals surface area contributed by atoms with Gasteiger partial charge in [0.1, 0.15) is 0 Å². The van der Waals surface area contributed by atoms with Gasteiger partial charge in [-0.3, -0.25) is 4.90 Å². The highest BCUT2D eigenvalue weighted by Gasteiger charge is 2.51. The fraction of sp³-hybridized carbons (Fsp3) is 0.700. The van der Waals surface area contributed by atoms with E-state index in [-0.39, 0.29) is 23.4 Å². The molecule has 190 valence electrons. The number of hydrogen-bond donors (Lipinski definition) is 1. The third-order valence-corrected chi connectivity index (χ3v) is 7.95. The Hall–Kier alpha value is -1.83. The van der Waals surface area contributed by atoms with Crippen molar-refractivity contribution in [3.63, 3.8) is 0 Å². The lowest BCUT2D eigenvalue weighted by Gasteiger charge is -2.43. The number of aryl methyl sites for hydroxylation is 2. The van der Waals surface area contributed by atoms with Gasteiger partial charge in [0.25, 0.3) is 0 Å². The van der Waals surface area contributed by atoms with Gasteiger partial charge in [-0.2, -0.15) is 0 Å². The zero-order valence-electron chi connectivity index (χ0n) is 23.2. The van der Waals surface area contributed by atoms with Crippen molar-refractivity contribution < 1.29 is 14.6 Å². The van der Waals surface area contributed by atoms with Crippen LogP contribution in [0.3, 0.4) is 0 Å². The topological polar surface area (TPSA) is 49.8 Å². The predicted octanol–water partition coefficient (Wildman–Crippen LogP) is 6.01. The van der Waals surface area contributed by atoms with E-state index in [1.807, 2.05) is 32.0 Å². The van der Waals surface area contributed by atoms with E-state index in [1.165, 1.54) is 0 Å². The van der Waals surface area contributed by atoms with Gasteiger partial charge >= 0.3 is 5.97 Å². The highest BCUT2D eigenvalue weighted by molar-refractivity contribution is 5.82. The summed E-state index contributed by atoms with van der Waals surface area (Å²) in [5, 5.41) is 12.1.